The second-order valence-electron chi connectivity index (χ2n) is 30.3. The molecule has 4 fully saturated rings. The number of likely N-dealkylation sites (tertiary alicyclic amines) is 3. The van der Waals surface area contributed by atoms with Gasteiger partial charge in [-0.05, 0) is 170 Å². The molecule has 8 aromatic heterocycles. The van der Waals surface area contributed by atoms with Gasteiger partial charge in [-0.3, -0.25) is 57.7 Å². The van der Waals surface area contributed by atoms with E-state index in [1.807, 2.05) is 0 Å². The van der Waals surface area contributed by atoms with Gasteiger partial charge in [-0.15, -0.1) is 62.5 Å². The van der Waals surface area contributed by atoms with Gasteiger partial charge in [0.15, 0.2) is 0 Å². The summed E-state index contributed by atoms with van der Waals surface area (Å²) in [5.41, 5.74) is 11.0. The molecule has 0 radical (unpaired) electrons. The predicted molar refractivity (Wildman–Crippen MR) is 537 cm³/mol. The van der Waals surface area contributed by atoms with Gasteiger partial charge in [0.1, 0.15) is 85.8 Å². The minimum atomic E-state index is -3.57. The van der Waals surface area contributed by atoms with Crippen LogP contribution in [0.2, 0.25) is 15.1 Å². The summed E-state index contributed by atoms with van der Waals surface area (Å²) in [5.74, 6) is -8.51. The van der Waals surface area contributed by atoms with Crippen LogP contribution < -0.4 is 11.1 Å². The number of rotatable bonds is 24. The van der Waals surface area contributed by atoms with Crippen LogP contribution in [0.25, 0.3) is 54.8 Å². The van der Waals surface area contributed by atoms with Crippen molar-refractivity contribution in [1.29, 1.82) is 0 Å². The van der Waals surface area contributed by atoms with Gasteiger partial charge in [-0.2, -0.15) is 15.3 Å². The minimum Gasteiger partial charge on any atom is -0.480 e. The first-order valence-corrected chi connectivity index (χ1v) is 68.7. The zero-order chi connectivity index (χ0) is 92.7. The van der Waals surface area contributed by atoms with Crippen LogP contribution >= 0.6 is 163 Å². The normalized spacial score (nSPS) is 21.4. The molecule has 0 bridgehead atoms. The molecule has 11 aromatic rings. The molecule has 15 rings (SSSR count). The van der Waals surface area contributed by atoms with E-state index in [9.17, 15) is 44.8 Å². The predicted octanol–water partition coefficient (Wildman–Crippen LogP) is 23.0. The summed E-state index contributed by atoms with van der Waals surface area (Å²) in [6.45, 7) is 18.8. The number of hydrogen-bond donors (Lipinski definition) is 3. The molecule has 0 aliphatic carbocycles. The molecule has 0 saturated carbocycles. The Kier molecular flexibility index (Phi) is 41.0. The van der Waals surface area contributed by atoms with E-state index in [0.29, 0.717) is 124 Å². The minimum absolute atomic E-state index is 0.0625. The molecule has 4 N–H and O–H groups in total. The molecular weight excluding hydrogens is 2000 g/mol. The fourth-order valence-corrected chi connectivity index (χ4v) is 152. The number of nitrogen functional groups attached to an aromatic ring is 1. The van der Waals surface area contributed by atoms with Crippen LogP contribution in [0.5, 0.6) is 0 Å². The van der Waals surface area contributed by atoms with Crippen molar-refractivity contribution < 1.29 is 62.9 Å². The van der Waals surface area contributed by atoms with Crippen molar-refractivity contribution in [3.63, 3.8) is 0 Å². The lowest BCUT2D eigenvalue weighted by Crippen LogP contribution is -2.38. The Morgan fingerprint density at radius 1 is 0.603 bits per heavy atom. The molecule has 12 unspecified atom stereocenters. The number of nitrogens with two attached hydrogens (primary N) is 1. The Morgan fingerprint density at radius 3 is 1.32 bits per heavy atom. The summed E-state index contributed by atoms with van der Waals surface area (Å²) < 4.78 is 148. The monoisotopic (exact) mass is 2110 g/mol. The summed E-state index contributed by atoms with van der Waals surface area (Å²) in [6.07, 6.45) is 15.7. The molecule has 4 saturated heterocycles. The largest absolute Gasteiger partial charge is 0.480 e. The number of nitrogens with zero attached hydrogens (tertiary/aromatic N) is 19. The highest BCUT2D eigenvalue weighted by Gasteiger charge is 2.53. The third-order valence-corrected chi connectivity index (χ3v) is 103. The second kappa shape index (κ2) is 48.0. The Hall–Kier alpha value is -2.16. The van der Waals surface area contributed by atoms with E-state index >= 15 is 0 Å². The number of hydrogen-bond acceptors (Lipinski definition) is 23. The molecule has 126 heavy (non-hydrogen) atoms. The highest BCUT2D eigenvalue weighted by molar-refractivity contribution is 9.24. The van der Waals surface area contributed by atoms with E-state index in [1.54, 1.807) is 161 Å². The van der Waals surface area contributed by atoms with Crippen molar-refractivity contribution in [1.82, 2.24) is 93.0 Å². The van der Waals surface area contributed by atoms with E-state index in [-0.39, 0.29) is 112 Å². The van der Waals surface area contributed by atoms with Crippen LogP contribution in [-0.4, -0.2) is 225 Å². The number of alkyl halides is 6. The Labute approximate surface area is 767 Å². The molecule has 4 aliphatic heterocycles. The summed E-state index contributed by atoms with van der Waals surface area (Å²) in [6, 6.07) is 15.6. The maximum atomic E-state index is 14.9. The number of benzene rings is 3. The van der Waals surface area contributed by atoms with Crippen molar-refractivity contribution >= 4 is 235 Å². The van der Waals surface area contributed by atoms with Gasteiger partial charge in [-0.25, -0.2) is 68.6 Å². The average molecular weight is 2110 g/mol. The maximum Gasteiger partial charge on any atom is 0.345 e. The lowest BCUT2D eigenvalue weighted by molar-refractivity contribution is -0.137. The number of aromatic nitrogens is 15. The lowest BCUT2D eigenvalue weighted by atomic mass is 10.1. The number of halogens is 9. The van der Waals surface area contributed by atoms with Crippen molar-refractivity contribution in [2.24, 2.45) is 0 Å². The van der Waals surface area contributed by atoms with Crippen LogP contribution in [0.1, 0.15) is 98.4 Å². The first kappa shape index (κ1) is 108. The van der Waals surface area contributed by atoms with Crippen LogP contribution in [0.3, 0.4) is 0 Å². The Balaban J connectivity index is 0.000000173. The van der Waals surface area contributed by atoms with Gasteiger partial charge >= 0.3 is 28.8 Å². The van der Waals surface area contributed by atoms with E-state index in [0.717, 1.165) is 14.5 Å². The number of nitrogens with one attached hydrogen (secondary N) is 1. The number of likely N-dealkylation sites (N-methyl/N-ethyl adjacent to an activating group) is 3. The smallest absolute Gasteiger partial charge is 0.345 e. The van der Waals surface area contributed by atoms with Crippen LogP contribution in [0.15, 0.2) is 117 Å². The quantitative estimate of drug-likeness (QED) is 0.0374. The zero-order valence-corrected chi connectivity index (χ0v) is 89.6. The van der Waals surface area contributed by atoms with E-state index < -0.39 is 64.6 Å². The number of carboxylic acid groups (broad SMARTS) is 1. The number of pyridine rings is 3. The van der Waals surface area contributed by atoms with E-state index in [4.69, 9.17) is 58.6 Å². The van der Waals surface area contributed by atoms with Gasteiger partial charge in [0.2, 0.25) is 0 Å². The van der Waals surface area contributed by atoms with Gasteiger partial charge in [0.25, 0.3) is 17.8 Å². The Bertz CT molecular complexity index is 5280. The molecule has 12 atom stereocenters. The van der Waals surface area contributed by atoms with Gasteiger partial charge in [0, 0.05) is 75.3 Å². The van der Waals surface area contributed by atoms with Crippen LogP contribution in [0.4, 0.5) is 37.7 Å². The van der Waals surface area contributed by atoms with Gasteiger partial charge in [-0.1, -0.05) is 70.5 Å². The molecular formula is C72H108Cl3F6N21O8P16. The molecule has 0 amide bonds. The number of anilines is 2. The topological polar surface area (TPSA) is 321 Å². The molecule has 0 spiro atoms. The van der Waals surface area contributed by atoms with Crippen molar-refractivity contribution in [2.75, 3.05) is 96.5 Å². The summed E-state index contributed by atoms with van der Waals surface area (Å²) in [5, 5.41) is 26.6. The molecule has 29 nitrogen and oxygen atoms in total. The SMILES string of the molecule is CCCP1(=O)OP(=O)(CCC)OP(=O)(CCC)O1.CCN(C(C)C)C(C)C.CN1CC(Nc2c(N)cnc3ccc(Cl)cc23)C(F)(F)C1.CN1CC(n2c(Cn3cncn3)nc3cnc4ccc(Cl)cc4c32)C(F)(F)C1.CN1CC(n2c(Cn3cncn3)nc3cnc4ccc(Cl)cc4c32)C(F)(F)C1.O=C(O)Cn1cccn1.PPP(P(P)P)P(P(P)P)P(P)P. The lowest BCUT2D eigenvalue weighted by Gasteiger charge is -2.34. The maximum absolute atomic E-state index is 14.9. The first-order chi connectivity index (χ1) is 59.3. The van der Waals surface area contributed by atoms with E-state index in [1.165, 1.54) is 36.2 Å². The number of carbonyl (C=O) groups is 1. The third kappa shape index (κ3) is 29.0. The number of carboxylic acids is 1. The molecule has 692 valence electrons. The fraction of sp³-hybridized carbons (Fsp3) is 0.486. The Morgan fingerprint density at radius 2 is 1.01 bits per heavy atom. The van der Waals surface area contributed by atoms with Crippen LogP contribution in [-0.2, 0) is 51.1 Å². The van der Waals surface area contributed by atoms with E-state index in [2.05, 4.69) is 158 Å². The average Bonchev–Trinajstić information content (AvgIpc) is 1.57. The fourth-order valence-electron chi connectivity index (χ4n) is 14.6. The van der Waals surface area contributed by atoms with Gasteiger partial charge < -0.3 is 25.3 Å². The first-order valence-electron chi connectivity index (χ1n) is 39.5. The van der Waals surface area contributed by atoms with Gasteiger partial charge in [0.05, 0.1) is 95.7 Å². The highest BCUT2D eigenvalue weighted by Crippen LogP contribution is 3.18. The standard InChI is InChI=1S/2C18H16ClF2N7.C14H15ClF2N4.C9H21O6P3.C8H19N.C5H6N2O2.H15P13/c2*1-26-6-15(18(20,21)8-26)28-16(7-27-10-22-9-24-27)25-14-5-23-13-3-2-11(19)4-12(13)17(14)28;1-21-6-12(14(16,17)7-21)20-13-9-4-8(15)2-3-11(9)19-5-10(13)18;1-4-7-16(10)13-17(11,8-5-2)15-18(12,14-16)9-6-3;1-6-9(7(2)3)8(4)5;8-5(9)4-7-3-1-2-6-7;1-8-12(9(2)3)13(10(4)5)11(6)7/h2*2-5,9-10,15H,6-8H2,1H3;2-5,12H,6-7,18H2,1H3,(H,19,20);4-9H2,1-3H3;7-8H,6H2,1-5H3;1-3H,4H2,(H,8,9);8H,1-7H2. The van der Waals surface area contributed by atoms with Crippen molar-refractivity contribution in [3.8, 4) is 0 Å². The highest BCUT2D eigenvalue weighted by atomic mass is 35.5. The molecule has 54 heteroatoms. The second-order valence-corrected chi connectivity index (χ2v) is 86.1. The number of fused-ring (bicyclic) bond motifs is 7. The molecule has 12 heterocycles. The summed E-state index contributed by atoms with van der Waals surface area (Å²) in [4.78, 5) is 47.4. The number of aliphatic carboxylic acids is 1. The number of imidazole rings is 2. The van der Waals surface area contributed by atoms with Crippen LogP contribution in [0, 0.1) is 0 Å². The zero-order valence-electron chi connectivity index (χ0n) is 71.1. The third-order valence-electron chi connectivity index (χ3n) is 19.5. The van der Waals surface area contributed by atoms with Crippen molar-refractivity contribution in [3.05, 3.63) is 144 Å². The summed E-state index contributed by atoms with van der Waals surface area (Å²) >= 11 is 18.4. The molecule has 3 aromatic carbocycles. The summed E-state index contributed by atoms with van der Waals surface area (Å²) in [7, 11) is 16.6. The molecule has 4 aliphatic rings. The van der Waals surface area contributed by atoms with Crippen molar-refractivity contribution in [2.45, 2.75) is 142 Å².